The van der Waals surface area contributed by atoms with E-state index in [1.54, 1.807) is 0 Å². The lowest BCUT2D eigenvalue weighted by Gasteiger charge is -2.29. The van der Waals surface area contributed by atoms with Crippen LogP contribution in [0.3, 0.4) is 0 Å². The minimum atomic E-state index is -3.74. The molecule has 1 aromatic rings. The van der Waals surface area contributed by atoms with Crippen LogP contribution < -0.4 is 10.5 Å². The van der Waals surface area contributed by atoms with E-state index >= 15 is 0 Å². The van der Waals surface area contributed by atoms with Gasteiger partial charge in [-0.15, -0.1) is 0 Å². The van der Waals surface area contributed by atoms with Crippen LogP contribution in [-0.4, -0.2) is 38.5 Å². The first kappa shape index (κ1) is 16.4. The predicted molar refractivity (Wildman–Crippen MR) is 74.1 cm³/mol. The summed E-state index contributed by atoms with van der Waals surface area (Å²) < 4.78 is 54.6. The number of sulfonamides is 1. The van der Waals surface area contributed by atoms with Crippen LogP contribution in [0.4, 0.5) is 8.78 Å². The van der Waals surface area contributed by atoms with Crippen molar-refractivity contribution in [1.82, 2.24) is 4.31 Å². The number of rotatable bonds is 4. The van der Waals surface area contributed by atoms with Crippen LogP contribution in [0.2, 0.25) is 5.02 Å². The fourth-order valence-corrected chi connectivity index (χ4v) is 4.03. The Morgan fingerprint density at radius 2 is 2.14 bits per heavy atom. The van der Waals surface area contributed by atoms with Gasteiger partial charge in [-0.2, -0.15) is 13.1 Å². The zero-order valence-electron chi connectivity index (χ0n) is 11.0. The van der Waals surface area contributed by atoms with Crippen LogP contribution >= 0.6 is 11.6 Å². The van der Waals surface area contributed by atoms with E-state index in [1.165, 1.54) is 10.4 Å². The number of hydrogen-bond donors (Lipinski definition) is 1. The molecule has 1 aliphatic heterocycles. The van der Waals surface area contributed by atoms with Gasteiger partial charge in [-0.1, -0.05) is 11.6 Å². The third-order valence-corrected chi connectivity index (χ3v) is 5.33. The summed E-state index contributed by atoms with van der Waals surface area (Å²) in [5.74, 6) is -0.263. The van der Waals surface area contributed by atoms with Crippen molar-refractivity contribution in [3.05, 3.63) is 23.2 Å². The largest absolute Gasteiger partial charge is 0.433 e. The topological polar surface area (TPSA) is 72.6 Å². The Labute approximate surface area is 126 Å². The minimum Gasteiger partial charge on any atom is -0.433 e. The first-order valence-electron chi connectivity index (χ1n) is 6.31. The Morgan fingerprint density at radius 3 is 2.71 bits per heavy atom. The van der Waals surface area contributed by atoms with E-state index in [4.69, 9.17) is 17.3 Å². The first-order valence-corrected chi connectivity index (χ1v) is 8.12. The molecule has 0 saturated carbocycles. The maximum atomic E-state index is 12.4. The molecule has 0 aromatic heterocycles. The molecule has 1 aliphatic rings. The van der Waals surface area contributed by atoms with Crippen LogP contribution in [0.1, 0.15) is 12.8 Å². The fourth-order valence-electron chi connectivity index (χ4n) is 2.17. The van der Waals surface area contributed by atoms with Gasteiger partial charge < -0.3 is 10.5 Å². The minimum absolute atomic E-state index is 0.0665. The number of alkyl halides is 2. The molecule has 1 fully saturated rings. The third kappa shape index (κ3) is 3.82. The van der Waals surface area contributed by atoms with Gasteiger partial charge in [0.15, 0.2) is 0 Å². The van der Waals surface area contributed by atoms with Gasteiger partial charge in [0.05, 0.1) is 9.92 Å². The lowest BCUT2D eigenvalue weighted by atomic mass is 10.1. The van der Waals surface area contributed by atoms with Crippen LogP contribution in [0.25, 0.3) is 0 Å². The van der Waals surface area contributed by atoms with Crippen LogP contribution in [0.5, 0.6) is 5.75 Å². The zero-order chi connectivity index (χ0) is 15.6. The highest BCUT2D eigenvalue weighted by Crippen LogP contribution is 2.30. The summed E-state index contributed by atoms with van der Waals surface area (Å²) >= 11 is 5.78. The number of nitrogens with zero attached hydrogens (tertiary/aromatic N) is 1. The molecule has 118 valence electrons. The Kier molecular flexibility index (Phi) is 5.03. The van der Waals surface area contributed by atoms with Crippen molar-refractivity contribution in [2.75, 3.05) is 13.1 Å². The van der Waals surface area contributed by atoms with E-state index in [9.17, 15) is 17.2 Å². The predicted octanol–water partition coefficient (Wildman–Crippen LogP) is 2.05. The SMILES string of the molecule is N[C@@H]1CCCN(S(=O)(=O)c2ccc(OC(F)F)c(Cl)c2)C1. The molecular weight excluding hydrogens is 326 g/mol. The van der Waals surface area contributed by atoms with Crippen molar-refractivity contribution in [3.8, 4) is 5.75 Å². The molecule has 0 radical (unpaired) electrons. The molecule has 0 unspecified atom stereocenters. The molecule has 1 atom stereocenters. The van der Waals surface area contributed by atoms with E-state index in [-0.39, 0.29) is 28.3 Å². The average molecular weight is 341 g/mol. The number of nitrogens with two attached hydrogens (primary N) is 1. The zero-order valence-corrected chi connectivity index (χ0v) is 12.6. The van der Waals surface area contributed by atoms with Crippen LogP contribution in [0.15, 0.2) is 23.1 Å². The highest BCUT2D eigenvalue weighted by molar-refractivity contribution is 7.89. The summed E-state index contributed by atoms with van der Waals surface area (Å²) in [6.45, 7) is -2.41. The molecule has 0 aliphatic carbocycles. The molecule has 0 spiro atoms. The van der Waals surface area contributed by atoms with Crippen molar-refractivity contribution >= 4 is 21.6 Å². The molecule has 0 bridgehead atoms. The summed E-state index contributed by atoms with van der Waals surface area (Å²) in [5, 5.41) is -0.183. The Balaban J connectivity index is 2.26. The number of ether oxygens (including phenoxy) is 1. The van der Waals surface area contributed by atoms with Gasteiger partial charge >= 0.3 is 6.61 Å². The highest BCUT2D eigenvalue weighted by Gasteiger charge is 2.29. The molecule has 9 heteroatoms. The smallest absolute Gasteiger partial charge is 0.387 e. The van der Waals surface area contributed by atoms with Gasteiger partial charge in [0.25, 0.3) is 0 Å². The molecule has 1 heterocycles. The molecule has 21 heavy (non-hydrogen) atoms. The summed E-state index contributed by atoms with van der Waals surface area (Å²) in [6, 6.07) is 3.21. The molecule has 5 nitrogen and oxygen atoms in total. The molecule has 1 saturated heterocycles. The van der Waals surface area contributed by atoms with Crippen molar-refractivity contribution in [2.45, 2.75) is 30.4 Å². The van der Waals surface area contributed by atoms with Gasteiger partial charge in [0.1, 0.15) is 5.75 Å². The summed E-state index contributed by atoms with van der Waals surface area (Å²) in [4.78, 5) is -0.0665. The van der Waals surface area contributed by atoms with E-state index < -0.39 is 16.6 Å². The van der Waals surface area contributed by atoms with Crippen molar-refractivity contribution < 1.29 is 21.9 Å². The Hall–Kier alpha value is -0.960. The average Bonchev–Trinajstić information content (AvgIpc) is 2.40. The van der Waals surface area contributed by atoms with Crippen molar-refractivity contribution in [1.29, 1.82) is 0 Å². The highest BCUT2D eigenvalue weighted by atomic mass is 35.5. The van der Waals surface area contributed by atoms with E-state index in [1.807, 2.05) is 0 Å². The third-order valence-electron chi connectivity index (χ3n) is 3.18. The Bertz CT molecular complexity index is 613. The lowest BCUT2D eigenvalue weighted by Crippen LogP contribution is -2.45. The van der Waals surface area contributed by atoms with Crippen molar-refractivity contribution in [2.24, 2.45) is 5.73 Å². The lowest BCUT2D eigenvalue weighted by molar-refractivity contribution is -0.0498. The second-order valence-corrected chi connectivity index (χ2v) is 7.08. The van der Waals surface area contributed by atoms with Gasteiger partial charge in [0, 0.05) is 19.1 Å². The van der Waals surface area contributed by atoms with Gasteiger partial charge in [-0.3, -0.25) is 0 Å². The summed E-state index contributed by atoms with van der Waals surface area (Å²) in [7, 11) is -3.74. The Morgan fingerprint density at radius 1 is 1.43 bits per heavy atom. The standard InChI is InChI=1S/C12H15ClF2N2O3S/c13-10-6-9(3-4-11(10)20-12(14)15)21(18,19)17-5-1-2-8(16)7-17/h3-4,6,8,12H,1-2,5,7,16H2/t8-/m1/s1. The fraction of sp³-hybridized carbons (Fsp3) is 0.500. The molecule has 2 N–H and O–H groups in total. The molecule has 0 amide bonds. The maximum Gasteiger partial charge on any atom is 0.387 e. The van der Waals surface area contributed by atoms with Crippen LogP contribution in [0, 0.1) is 0 Å². The van der Waals surface area contributed by atoms with E-state index in [0.29, 0.717) is 13.0 Å². The van der Waals surface area contributed by atoms with Gasteiger partial charge in [0.2, 0.25) is 10.0 Å². The monoisotopic (exact) mass is 340 g/mol. The van der Waals surface area contributed by atoms with Crippen molar-refractivity contribution in [3.63, 3.8) is 0 Å². The molecular formula is C12H15ClF2N2O3S. The molecule has 2 rings (SSSR count). The maximum absolute atomic E-state index is 12.4. The first-order chi connectivity index (χ1) is 9.80. The normalized spacial score (nSPS) is 20.7. The van der Waals surface area contributed by atoms with Gasteiger partial charge in [-0.25, -0.2) is 8.42 Å². The number of piperidine rings is 1. The van der Waals surface area contributed by atoms with Gasteiger partial charge in [-0.05, 0) is 31.0 Å². The molecule has 1 aromatic carbocycles. The number of hydrogen-bond acceptors (Lipinski definition) is 4. The quantitative estimate of drug-likeness (QED) is 0.910. The number of benzene rings is 1. The van der Waals surface area contributed by atoms with Crippen LogP contribution in [-0.2, 0) is 10.0 Å². The summed E-state index contributed by atoms with van der Waals surface area (Å²) in [6.07, 6.45) is 1.45. The second kappa shape index (κ2) is 6.43. The van der Waals surface area contributed by atoms with E-state index in [0.717, 1.165) is 18.6 Å². The van der Waals surface area contributed by atoms with E-state index in [2.05, 4.69) is 4.74 Å². The number of halogens is 3. The second-order valence-electron chi connectivity index (χ2n) is 4.74. The summed E-state index contributed by atoms with van der Waals surface area (Å²) in [5.41, 5.74) is 5.77.